The molecule has 1 heterocycles. The van der Waals surface area contributed by atoms with Crippen LogP contribution < -0.4 is 10.1 Å². The second kappa shape index (κ2) is 4.76. The quantitative estimate of drug-likeness (QED) is 0.897. The molecule has 1 atom stereocenters. The van der Waals surface area contributed by atoms with Crippen LogP contribution in [-0.4, -0.2) is 18.1 Å². The molecule has 1 aliphatic rings. The van der Waals surface area contributed by atoms with Gasteiger partial charge in [-0.25, -0.2) is 0 Å². The van der Waals surface area contributed by atoms with E-state index in [-0.39, 0.29) is 0 Å². The maximum Gasteiger partial charge on any atom is 0.266 e. The van der Waals surface area contributed by atoms with E-state index in [1.165, 1.54) is 7.11 Å². The zero-order valence-electron chi connectivity index (χ0n) is 11.6. The van der Waals surface area contributed by atoms with Crippen LogP contribution in [0.15, 0.2) is 36.4 Å². The summed E-state index contributed by atoms with van der Waals surface area (Å²) in [6, 6.07) is 10.3. The fourth-order valence-corrected chi connectivity index (χ4v) is 2.79. The minimum atomic E-state index is -1.78. The summed E-state index contributed by atoms with van der Waals surface area (Å²) >= 11 is 6.08. The summed E-state index contributed by atoms with van der Waals surface area (Å²) in [5.74, 6) is -0.0562. The molecule has 0 saturated carbocycles. The zero-order valence-corrected chi connectivity index (χ0v) is 12.4. The first-order valence-corrected chi connectivity index (χ1v) is 6.84. The molecule has 2 aromatic carbocycles. The van der Waals surface area contributed by atoms with Crippen molar-refractivity contribution in [1.82, 2.24) is 0 Å². The molecule has 2 N–H and O–H groups in total. The summed E-state index contributed by atoms with van der Waals surface area (Å²) < 4.78 is 5.27. The van der Waals surface area contributed by atoms with Crippen molar-refractivity contribution in [3.05, 3.63) is 58.1 Å². The molecule has 3 rings (SSSR count). The summed E-state index contributed by atoms with van der Waals surface area (Å²) in [5.41, 5.74) is 0.422. The molecule has 0 spiro atoms. The number of nitrogens with one attached hydrogen (secondary N) is 1. The number of halogens is 1. The smallest absolute Gasteiger partial charge is 0.266 e. The number of aliphatic hydroxyl groups is 1. The summed E-state index contributed by atoms with van der Waals surface area (Å²) in [7, 11) is 1.50. The fourth-order valence-electron chi connectivity index (χ4n) is 2.63. The van der Waals surface area contributed by atoms with Crippen LogP contribution in [-0.2, 0) is 10.4 Å². The SMILES string of the molecule is COc1ccccc1C1(O)C(=O)Nc2cc(Cl)c(C)cc21. The van der Waals surface area contributed by atoms with Crippen LogP contribution in [0.2, 0.25) is 5.02 Å². The Morgan fingerprint density at radius 1 is 1.24 bits per heavy atom. The number of amides is 1. The Kier molecular flexibility index (Phi) is 3.15. The second-order valence-electron chi connectivity index (χ2n) is 5.01. The van der Waals surface area contributed by atoms with Crippen molar-refractivity contribution in [2.75, 3.05) is 12.4 Å². The summed E-state index contributed by atoms with van der Waals surface area (Å²) in [4.78, 5) is 12.4. The molecule has 0 fully saturated rings. The van der Waals surface area contributed by atoms with Crippen LogP contribution in [0.4, 0.5) is 5.69 Å². The van der Waals surface area contributed by atoms with Gasteiger partial charge in [-0.3, -0.25) is 4.79 Å². The van der Waals surface area contributed by atoms with E-state index in [0.29, 0.717) is 27.6 Å². The van der Waals surface area contributed by atoms with Crippen molar-refractivity contribution in [1.29, 1.82) is 0 Å². The highest BCUT2D eigenvalue weighted by Gasteiger charge is 2.48. The van der Waals surface area contributed by atoms with E-state index in [1.54, 1.807) is 36.4 Å². The average molecular weight is 304 g/mol. The normalized spacial score (nSPS) is 20.1. The van der Waals surface area contributed by atoms with E-state index in [1.807, 2.05) is 6.92 Å². The largest absolute Gasteiger partial charge is 0.496 e. The lowest BCUT2D eigenvalue weighted by molar-refractivity contribution is -0.129. The standard InChI is InChI=1S/C16H14ClNO3/c1-9-7-11-13(8-12(9)17)18-15(19)16(11,20)10-5-3-4-6-14(10)21-2/h3-8,20H,1-2H3,(H,18,19). The number of ether oxygens (including phenoxy) is 1. The molecular weight excluding hydrogens is 290 g/mol. The maximum atomic E-state index is 12.4. The highest BCUT2D eigenvalue weighted by Crippen LogP contribution is 2.45. The Morgan fingerprint density at radius 3 is 2.67 bits per heavy atom. The van der Waals surface area contributed by atoms with Crippen molar-refractivity contribution in [3.8, 4) is 5.75 Å². The number of carbonyl (C=O) groups is 1. The van der Waals surface area contributed by atoms with Crippen molar-refractivity contribution in [2.45, 2.75) is 12.5 Å². The lowest BCUT2D eigenvalue weighted by Crippen LogP contribution is -2.35. The molecule has 0 radical (unpaired) electrons. The van der Waals surface area contributed by atoms with E-state index < -0.39 is 11.5 Å². The second-order valence-corrected chi connectivity index (χ2v) is 5.42. The Hall–Kier alpha value is -2.04. The van der Waals surface area contributed by atoms with Crippen LogP contribution in [0.3, 0.4) is 0 Å². The van der Waals surface area contributed by atoms with Gasteiger partial charge in [-0.15, -0.1) is 0 Å². The third-order valence-corrected chi connectivity index (χ3v) is 4.17. The molecule has 0 aliphatic carbocycles. The molecule has 0 saturated heterocycles. The van der Waals surface area contributed by atoms with Gasteiger partial charge >= 0.3 is 0 Å². The van der Waals surface area contributed by atoms with Crippen molar-refractivity contribution >= 4 is 23.2 Å². The summed E-state index contributed by atoms with van der Waals surface area (Å²) in [5, 5.41) is 14.3. The van der Waals surface area contributed by atoms with E-state index in [4.69, 9.17) is 16.3 Å². The maximum absolute atomic E-state index is 12.4. The third-order valence-electron chi connectivity index (χ3n) is 3.76. The minimum Gasteiger partial charge on any atom is -0.496 e. The van der Waals surface area contributed by atoms with E-state index in [2.05, 4.69) is 5.32 Å². The van der Waals surface area contributed by atoms with Crippen molar-refractivity contribution < 1.29 is 14.6 Å². The molecule has 108 valence electrons. The first kappa shape index (κ1) is 13.9. The Balaban J connectivity index is 2.28. The van der Waals surface area contributed by atoms with E-state index in [0.717, 1.165) is 5.56 Å². The number of methoxy groups -OCH3 is 1. The topological polar surface area (TPSA) is 58.6 Å². The first-order chi connectivity index (χ1) is 9.98. The number of hydrogen-bond acceptors (Lipinski definition) is 3. The molecule has 0 bridgehead atoms. The van der Waals surface area contributed by atoms with E-state index >= 15 is 0 Å². The predicted molar refractivity (Wildman–Crippen MR) is 80.8 cm³/mol. The van der Waals surface area contributed by atoms with Gasteiger partial charge in [0, 0.05) is 21.8 Å². The molecule has 1 unspecified atom stereocenters. The minimum absolute atomic E-state index is 0.408. The van der Waals surface area contributed by atoms with Gasteiger partial charge in [0.2, 0.25) is 0 Å². The van der Waals surface area contributed by atoms with E-state index in [9.17, 15) is 9.90 Å². The van der Waals surface area contributed by atoms with Gasteiger partial charge in [0.1, 0.15) is 5.75 Å². The summed E-state index contributed by atoms with van der Waals surface area (Å²) in [6.07, 6.45) is 0. The Bertz CT molecular complexity index is 744. The molecule has 4 nitrogen and oxygen atoms in total. The monoisotopic (exact) mass is 303 g/mol. The number of carbonyl (C=O) groups excluding carboxylic acids is 1. The number of rotatable bonds is 2. The number of benzene rings is 2. The predicted octanol–water partition coefficient (Wildman–Crippen LogP) is 2.85. The van der Waals surface area contributed by atoms with Gasteiger partial charge in [0.25, 0.3) is 5.91 Å². The van der Waals surface area contributed by atoms with Crippen molar-refractivity contribution in [2.24, 2.45) is 0 Å². The molecule has 1 aliphatic heterocycles. The third kappa shape index (κ3) is 1.91. The number of hydrogen-bond donors (Lipinski definition) is 2. The number of anilines is 1. The zero-order chi connectivity index (χ0) is 15.2. The Morgan fingerprint density at radius 2 is 1.95 bits per heavy atom. The van der Waals surface area contributed by atoms with Crippen molar-refractivity contribution in [3.63, 3.8) is 0 Å². The number of para-hydroxylation sites is 1. The lowest BCUT2D eigenvalue weighted by atomic mass is 9.86. The molecule has 0 aromatic heterocycles. The average Bonchev–Trinajstić information content (AvgIpc) is 2.72. The van der Waals surface area contributed by atoms with Gasteiger partial charge in [0.15, 0.2) is 5.60 Å². The van der Waals surface area contributed by atoms with Gasteiger partial charge in [-0.1, -0.05) is 29.8 Å². The molecule has 21 heavy (non-hydrogen) atoms. The lowest BCUT2D eigenvalue weighted by Gasteiger charge is -2.23. The van der Waals surface area contributed by atoms with Gasteiger partial charge in [0.05, 0.1) is 7.11 Å². The van der Waals surface area contributed by atoms with Crippen LogP contribution in [0, 0.1) is 6.92 Å². The number of aryl methyl sites for hydroxylation is 1. The van der Waals surface area contributed by atoms with Crippen LogP contribution in [0.25, 0.3) is 0 Å². The molecular formula is C16H14ClNO3. The molecule has 5 heteroatoms. The van der Waals surface area contributed by atoms with Crippen LogP contribution >= 0.6 is 11.6 Å². The fraction of sp³-hybridized carbons (Fsp3) is 0.188. The summed E-state index contributed by atoms with van der Waals surface area (Å²) in [6.45, 7) is 1.83. The molecule has 1 amide bonds. The van der Waals surface area contributed by atoms with Crippen LogP contribution in [0.1, 0.15) is 16.7 Å². The van der Waals surface area contributed by atoms with Gasteiger partial charge in [-0.05, 0) is 30.7 Å². The highest BCUT2D eigenvalue weighted by atomic mass is 35.5. The Labute approximate surface area is 127 Å². The van der Waals surface area contributed by atoms with Gasteiger partial charge in [-0.2, -0.15) is 0 Å². The van der Waals surface area contributed by atoms with Crippen LogP contribution in [0.5, 0.6) is 5.75 Å². The molecule has 2 aromatic rings. The highest BCUT2D eigenvalue weighted by molar-refractivity contribution is 6.32. The first-order valence-electron chi connectivity index (χ1n) is 6.46. The van der Waals surface area contributed by atoms with Gasteiger partial charge < -0.3 is 15.2 Å². The number of fused-ring (bicyclic) bond motifs is 1.